The Morgan fingerprint density at radius 2 is 2.00 bits per heavy atom. The molecule has 0 saturated heterocycles. The fourth-order valence-corrected chi connectivity index (χ4v) is 2.17. The van der Waals surface area contributed by atoms with Crippen LogP contribution in [0, 0.1) is 18.7 Å². The average Bonchev–Trinajstić information content (AvgIpc) is 2.28. The Morgan fingerprint density at radius 1 is 1.29 bits per heavy atom. The maximum absolute atomic E-state index is 13.1. The van der Waals surface area contributed by atoms with E-state index in [0.29, 0.717) is 12.0 Å². The summed E-state index contributed by atoms with van der Waals surface area (Å²) in [6.07, 6.45) is 2.29. The van der Waals surface area contributed by atoms with Gasteiger partial charge in [0.05, 0.1) is 0 Å². The summed E-state index contributed by atoms with van der Waals surface area (Å²) in [4.78, 5) is 0. The van der Waals surface area contributed by atoms with Crippen LogP contribution in [0.15, 0.2) is 18.2 Å². The highest BCUT2D eigenvalue weighted by molar-refractivity contribution is 5.29. The molecular weight excluding hydrogens is 213 g/mol. The molecule has 1 aromatic rings. The molecule has 0 spiro atoms. The van der Waals surface area contributed by atoms with E-state index >= 15 is 0 Å². The highest BCUT2D eigenvalue weighted by Gasteiger charge is 2.15. The lowest BCUT2D eigenvalue weighted by atomic mass is 9.92. The molecule has 1 rings (SSSR count). The van der Waals surface area contributed by atoms with Crippen LogP contribution in [0.4, 0.5) is 4.39 Å². The molecule has 1 N–H and O–H groups in total. The van der Waals surface area contributed by atoms with Crippen LogP contribution in [0.5, 0.6) is 0 Å². The van der Waals surface area contributed by atoms with Crippen LogP contribution in [0.25, 0.3) is 0 Å². The predicted molar refractivity (Wildman–Crippen MR) is 71.6 cm³/mol. The summed E-state index contributed by atoms with van der Waals surface area (Å²) in [6, 6.07) is 5.44. The van der Waals surface area contributed by atoms with Crippen LogP contribution < -0.4 is 5.32 Å². The average molecular weight is 237 g/mol. The molecule has 2 unspecified atom stereocenters. The highest BCUT2D eigenvalue weighted by atomic mass is 19.1. The van der Waals surface area contributed by atoms with Crippen LogP contribution in [-0.2, 0) is 0 Å². The molecule has 0 heterocycles. The van der Waals surface area contributed by atoms with Gasteiger partial charge in [0.1, 0.15) is 5.82 Å². The van der Waals surface area contributed by atoms with Gasteiger partial charge in [-0.15, -0.1) is 0 Å². The van der Waals surface area contributed by atoms with Crippen LogP contribution in [-0.4, -0.2) is 6.54 Å². The zero-order valence-electron chi connectivity index (χ0n) is 11.4. The van der Waals surface area contributed by atoms with Gasteiger partial charge in [-0.05, 0) is 49.1 Å². The lowest BCUT2D eigenvalue weighted by Gasteiger charge is -2.23. The minimum Gasteiger partial charge on any atom is -0.310 e. The molecule has 0 aliphatic heterocycles. The topological polar surface area (TPSA) is 12.0 Å². The first-order chi connectivity index (χ1) is 8.08. The maximum Gasteiger partial charge on any atom is 0.123 e. The third kappa shape index (κ3) is 4.12. The second-order valence-corrected chi connectivity index (χ2v) is 4.86. The smallest absolute Gasteiger partial charge is 0.123 e. The van der Waals surface area contributed by atoms with Crippen molar-refractivity contribution in [3.05, 3.63) is 35.1 Å². The Morgan fingerprint density at radius 3 is 2.53 bits per heavy atom. The molecule has 0 radical (unpaired) electrons. The number of hydrogen-bond donors (Lipinski definition) is 1. The minimum atomic E-state index is -0.148. The number of rotatable bonds is 6. The molecule has 2 heteroatoms. The lowest BCUT2D eigenvalue weighted by molar-refractivity contribution is 0.407. The Hall–Kier alpha value is -0.890. The Bertz CT molecular complexity index is 349. The first-order valence-electron chi connectivity index (χ1n) is 6.57. The van der Waals surface area contributed by atoms with Gasteiger partial charge in [0.25, 0.3) is 0 Å². The van der Waals surface area contributed by atoms with Gasteiger partial charge in [-0.1, -0.05) is 33.3 Å². The second kappa shape index (κ2) is 6.75. The molecule has 0 aliphatic rings. The molecule has 1 aromatic carbocycles. The van der Waals surface area contributed by atoms with Crippen LogP contribution in [0.3, 0.4) is 0 Å². The molecule has 0 saturated carbocycles. The van der Waals surface area contributed by atoms with E-state index in [4.69, 9.17) is 0 Å². The van der Waals surface area contributed by atoms with E-state index < -0.39 is 0 Å². The number of hydrogen-bond acceptors (Lipinski definition) is 1. The molecule has 17 heavy (non-hydrogen) atoms. The standard InChI is InChI=1S/C15H24FN/c1-5-11(3)9-15(17-6-2)14-8-7-13(16)10-12(14)4/h7-8,10-11,15,17H,5-6,9H2,1-4H3. The first-order valence-corrected chi connectivity index (χ1v) is 6.57. The fraction of sp³-hybridized carbons (Fsp3) is 0.600. The third-order valence-electron chi connectivity index (χ3n) is 3.39. The van der Waals surface area contributed by atoms with Crippen molar-refractivity contribution in [2.24, 2.45) is 5.92 Å². The lowest BCUT2D eigenvalue weighted by Crippen LogP contribution is -2.23. The van der Waals surface area contributed by atoms with E-state index in [-0.39, 0.29) is 5.82 Å². The van der Waals surface area contributed by atoms with E-state index in [9.17, 15) is 4.39 Å². The zero-order valence-corrected chi connectivity index (χ0v) is 11.4. The second-order valence-electron chi connectivity index (χ2n) is 4.86. The van der Waals surface area contributed by atoms with Gasteiger partial charge in [-0.25, -0.2) is 4.39 Å². The number of nitrogens with one attached hydrogen (secondary N) is 1. The van der Waals surface area contributed by atoms with Crippen molar-refractivity contribution in [2.75, 3.05) is 6.54 Å². The molecule has 1 nitrogen and oxygen atoms in total. The van der Waals surface area contributed by atoms with E-state index in [2.05, 4.69) is 26.1 Å². The van der Waals surface area contributed by atoms with Gasteiger partial charge in [0.2, 0.25) is 0 Å². The Labute approximate surface area is 104 Å². The number of aryl methyl sites for hydroxylation is 1. The first kappa shape index (κ1) is 14.2. The summed E-state index contributed by atoms with van der Waals surface area (Å²) in [7, 11) is 0. The molecule has 0 amide bonds. The van der Waals surface area contributed by atoms with Gasteiger partial charge in [0, 0.05) is 6.04 Å². The van der Waals surface area contributed by atoms with Crippen LogP contribution in [0.2, 0.25) is 0 Å². The van der Waals surface area contributed by atoms with Crippen molar-refractivity contribution in [2.45, 2.75) is 46.6 Å². The van der Waals surface area contributed by atoms with E-state index in [1.807, 2.05) is 13.0 Å². The SMILES string of the molecule is CCNC(CC(C)CC)c1ccc(F)cc1C. The minimum absolute atomic E-state index is 0.148. The fourth-order valence-electron chi connectivity index (χ4n) is 2.17. The van der Waals surface area contributed by atoms with Crippen molar-refractivity contribution in [3.63, 3.8) is 0 Å². The van der Waals surface area contributed by atoms with Crippen molar-refractivity contribution in [1.82, 2.24) is 5.32 Å². The van der Waals surface area contributed by atoms with Crippen LogP contribution in [0.1, 0.15) is 50.8 Å². The molecule has 0 bridgehead atoms. The Kier molecular flexibility index (Phi) is 5.63. The van der Waals surface area contributed by atoms with Crippen molar-refractivity contribution in [3.8, 4) is 0 Å². The van der Waals surface area contributed by atoms with E-state index in [0.717, 1.165) is 18.5 Å². The zero-order chi connectivity index (χ0) is 12.8. The van der Waals surface area contributed by atoms with Gasteiger partial charge in [-0.2, -0.15) is 0 Å². The highest BCUT2D eigenvalue weighted by Crippen LogP contribution is 2.25. The van der Waals surface area contributed by atoms with Crippen LogP contribution >= 0.6 is 0 Å². The van der Waals surface area contributed by atoms with Gasteiger partial charge in [-0.3, -0.25) is 0 Å². The molecule has 0 fully saturated rings. The molecule has 96 valence electrons. The molecule has 0 aliphatic carbocycles. The number of halogens is 1. The monoisotopic (exact) mass is 237 g/mol. The summed E-state index contributed by atoms with van der Waals surface area (Å²) < 4.78 is 13.1. The predicted octanol–water partition coefficient (Wildman–Crippen LogP) is 4.22. The van der Waals surface area contributed by atoms with Crippen molar-refractivity contribution in [1.29, 1.82) is 0 Å². The summed E-state index contributed by atoms with van der Waals surface area (Å²) in [5.41, 5.74) is 2.27. The quantitative estimate of drug-likeness (QED) is 0.781. The number of benzene rings is 1. The third-order valence-corrected chi connectivity index (χ3v) is 3.39. The van der Waals surface area contributed by atoms with Gasteiger partial charge in [0.15, 0.2) is 0 Å². The summed E-state index contributed by atoms with van der Waals surface area (Å²) >= 11 is 0. The van der Waals surface area contributed by atoms with E-state index in [1.54, 1.807) is 12.1 Å². The summed E-state index contributed by atoms with van der Waals surface area (Å²) in [5, 5.41) is 3.50. The normalized spacial score (nSPS) is 14.6. The molecule has 0 aromatic heterocycles. The summed E-state index contributed by atoms with van der Waals surface area (Å²) in [5.74, 6) is 0.536. The summed E-state index contributed by atoms with van der Waals surface area (Å²) in [6.45, 7) is 9.52. The molecule has 2 atom stereocenters. The maximum atomic E-state index is 13.1. The van der Waals surface area contributed by atoms with E-state index in [1.165, 1.54) is 12.0 Å². The van der Waals surface area contributed by atoms with Gasteiger partial charge >= 0.3 is 0 Å². The molecular formula is C15H24FN. The van der Waals surface area contributed by atoms with Crippen molar-refractivity contribution >= 4 is 0 Å². The Balaban J connectivity index is 2.88. The van der Waals surface area contributed by atoms with Crippen molar-refractivity contribution < 1.29 is 4.39 Å². The van der Waals surface area contributed by atoms with Gasteiger partial charge < -0.3 is 5.32 Å². The largest absolute Gasteiger partial charge is 0.310 e.